The van der Waals surface area contributed by atoms with E-state index in [-0.39, 0.29) is 0 Å². The van der Waals surface area contributed by atoms with Gasteiger partial charge in [0.1, 0.15) is 0 Å². The standard InChI is InChI=1S/C18H17N4/c1-13-6-4-5-9-22(13)18-11-15(12-19)10-16(14(18)2)17-7-8-20-21(17)3/h4-11H,1-3H3/q+1. The Hall–Kier alpha value is -2.93. The van der Waals surface area contributed by atoms with Crippen LogP contribution < -0.4 is 4.57 Å². The van der Waals surface area contributed by atoms with Crippen LogP contribution in [0.4, 0.5) is 0 Å². The van der Waals surface area contributed by atoms with Crippen molar-refractivity contribution in [3.8, 4) is 23.0 Å². The molecule has 0 aliphatic carbocycles. The molecule has 1 aromatic carbocycles. The van der Waals surface area contributed by atoms with E-state index < -0.39 is 0 Å². The summed E-state index contributed by atoms with van der Waals surface area (Å²) in [4.78, 5) is 0. The van der Waals surface area contributed by atoms with E-state index in [0.29, 0.717) is 5.56 Å². The van der Waals surface area contributed by atoms with Crippen molar-refractivity contribution < 1.29 is 4.57 Å². The molecule has 3 aromatic rings. The molecule has 0 bridgehead atoms. The summed E-state index contributed by atoms with van der Waals surface area (Å²) in [7, 11) is 1.91. The van der Waals surface area contributed by atoms with E-state index >= 15 is 0 Å². The van der Waals surface area contributed by atoms with Crippen LogP contribution in [-0.2, 0) is 7.05 Å². The van der Waals surface area contributed by atoms with Crippen molar-refractivity contribution in [3.05, 3.63) is 65.6 Å². The van der Waals surface area contributed by atoms with Gasteiger partial charge in [0, 0.05) is 49.5 Å². The Morgan fingerprint density at radius 3 is 2.64 bits per heavy atom. The second kappa shape index (κ2) is 5.45. The molecule has 0 N–H and O–H groups in total. The summed E-state index contributed by atoms with van der Waals surface area (Å²) in [5, 5.41) is 13.6. The van der Waals surface area contributed by atoms with Gasteiger partial charge in [0.2, 0.25) is 5.69 Å². The fourth-order valence-corrected chi connectivity index (χ4v) is 2.72. The third-order valence-corrected chi connectivity index (χ3v) is 3.93. The van der Waals surface area contributed by atoms with Crippen LogP contribution in [0.15, 0.2) is 48.8 Å². The summed E-state index contributed by atoms with van der Waals surface area (Å²) in [6.07, 6.45) is 3.79. The molecule has 0 aliphatic rings. The third kappa shape index (κ3) is 2.27. The molecule has 22 heavy (non-hydrogen) atoms. The minimum Gasteiger partial charge on any atom is -0.268 e. The number of nitrogens with zero attached hydrogens (tertiary/aromatic N) is 4. The molecule has 0 spiro atoms. The second-order valence-corrected chi connectivity index (χ2v) is 5.33. The summed E-state index contributed by atoms with van der Waals surface area (Å²) >= 11 is 0. The van der Waals surface area contributed by atoms with Gasteiger partial charge in [0.15, 0.2) is 11.9 Å². The van der Waals surface area contributed by atoms with Gasteiger partial charge < -0.3 is 0 Å². The molecule has 0 fully saturated rings. The maximum absolute atomic E-state index is 9.38. The lowest BCUT2D eigenvalue weighted by Gasteiger charge is -2.10. The molecule has 4 heteroatoms. The maximum Gasteiger partial charge on any atom is 0.215 e. The summed E-state index contributed by atoms with van der Waals surface area (Å²) in [6.45, 7) is 4.14. The fraction of sp³-hybridized carbons (Fsp3) is 0.167. The highest BCUT2D eigenvalue weighted by Gasteiger charge is 2.19. The highest BCUT2D eigenvalue weighted by Crippen LogP contribution is 2.27. The smallest absolute Gasteiger partial charge is 0.215 e. The normalized spacial score (nSPS) is 10.5. The molecule has 0 saturated heterocycles. The molecule has 4 nitrogen and oxygen atoms in total. The first-order chi connectivity index (χ1) is 10.6. The van der Waals surface area contributed by atoms with Gasteiger partial charge in [-0.25, -0.2) is 0 Å². The number of aryl methyl sites for hydroxylation is 2. The average molecular weight is 289 g/mol. The molecule has 2 heterocycles. The molecular weight excluding hydrogens is 272 g/mol. The molecule has 0 saturated carbocycles. The highest BCUT2D eigenvalue weighted by molar-refractivity contribution is 5.69. The number of rotatable bonds is 2. The van der Waals surface area contributed by atoms with Gasteiger partial charge in [-0.1, -0.05) is 6.07 Å². The number of aromatic nitrogens is 3. The molecule has 0 aliphatic heterocycles. The van der Waals surface area contributed by atoms with Gasteiger partial charge in [-0.2, -0.15) is 14.9 Å². The lowest BCUT2D eigenvalue weighted by Crippen LogP contribution is -2.34. The van der Waals surface area contributed by atoms with Crippen molar-refractivity contribution in [2.75, 3.05) is 0 Å². The van der Waals surface area contributed by atoms with Crippen LogP contribution in [0, 0.1) is 25.2 Å². The van der Waals surface area contributed by atoms with Crippen LogP contribution in [0.1, 0.15) is 16.8 Å². The molecule has 2 aromatic heterocycles. The van der Waals surface area contributed by atoms with Gasteiger partial charge in [0.05, 0.1) is 17.3 Å². The van der Waals surface area contributed by atoms with Gasteiger partial charge in [0.25, 0.3) is 0 Å². The Balaban J connectivity index is 2.31. The zero-order valence-electron chi connectivity index (χ0n) is 12.9. The molecule has 3 rings (SSSR count). The van der Waals surface area contributed by atoms with E-state index in [9.17, 15) is 5.26 Å². The van der Waals surface area contributed by atoms with Crippen molar-refractivity contribution in [1.29, 1.82) is 5.26 Å². The summed E-state index contributed by atoms with van der Waals surface area (Å²) < 4.78 is 3.94. The van der Waals surface area contributed by atoms with Crippen LogP contribution in [0.5, 0.6) is 0 Å². The fourth-order valence-electron chi connectivity index (χ4n) is 2.72. The Bertz CT molecular complexity index is 884. The van der Waals surface area contributed by atoms with Crippen LogP contribution in [0.3, 0.4) is 0 Å². The van der Waals surface area contributed by atoms with Gasteiger partial charge >= 0.3 is 0 Å². The van der Waals surface area contributed by atoms with Crippen molar-refractivity contribution >= 4 is 0 Å². The van der Waals surface area contributed by atoms with E-state index in [1.165, 1.54) is 0 Å². The van der Waals surface area contributed by atoms with Crippen LogP contribution >= 0.6 is 0 Å². The Labute approximate surface area is 129 Å². The first-order valence-electron chi connectivity index (χ1n) is 7.12. The molecule has 0 amide bonds. The number of hydrogen-bond donors (Lipinski definition) is 0. The van der Waals surface area contributed by atoms with Gasteiger partial charge in [-0.15, -0.1) is 0 Å². The van der Waals surface area contributed by atoms with Crippen molar-refractivity contribution in [2.24, 2.45) is 7.05 Å². The minimum atomic E-state index is 0.646. The monoisotopic (exact) mass is 289 g/mol. The topological polar surface area (TPSA) is 45.5 Å². The zero-order valence-corrected chi connectivity index (χ0v) is 12.9. The SMILES string of the molecule is Cc1c(-c2ccnn2C)cc(C#N)cc1-[n+]1ccccc1C. The largest absolute Gasteiger partial charge is 0.268 e. The lowest BCUT2D eigenvalue weighted by atomic mass is 10.00. The summed E-state index contributed by atoms with van der Waals surface area (Å²) in [5.41, 5.74) is 5.95. The predicted molar refractivity (Wildman–Crippen MR) is 84.4 cm³/mol. The van der Waals surface area contributed by atoms with E-state index in [0.717, 1.165) is 28.2 Å². The van der Waals surface area contributed by atoms with Crippen LogP contribution in [0.25, 0.3) is 16.9 Å². The molecule has 0 atom stereocenters. The van der Waals surface area contributed by atoms with Crippen molar-refractivity contribution in [3.63, 3.8) is 0 Å². The number of benzene rings is 1. The van der Waals surface area contributed by atoms with Crippen LogP contribution in [0.2, 0.25) is 0 Å². The Morgan fingerprint density at radius 2 is 2.00 bits per heavy atom. The number of hydrogen-bond acceptors (Lipinski definition) is 2. The van der Waals surface area contributed by atoms with E-state index in [1.54, 1.807) is 6.20 Å². The highest BCUT2D eigenvalue weighted by atomic mass is 15.3. The van der Waals surface area contributed by atoms with E-state index in [2.05, 4.69) is 35.6 Å². The van der Waals surface area contributed by atoms with Crippen LogP contribution in [-0.4, -0.2) is 9.78 Å². The first kappa shape index (κ1) is 14.0. The minimum absolute atomic E-state index is 0.646. The van der Waals surface area contributed by atoms with Gasteiger partial charge in [-0.05, 0) is 19.1 Å². The Kier molecular flexibility index (Phi) is 3.48. The van der Waals surface area contributed by atoms with Crippen molar-refractivity contribution in [2.45, 2.75) is 13.8 Å². The summed E-state index contributed by atoms with van der Waals surface area (Å²) in [5.74, 6) is 0. The number of nitriles is 1. The number of pyridine rings is 1. The van der Waals surface area contributed by atoms with Gasteiger partial charge in [-0.3, -0.25) is 4.68 Å². The molecular formula is C18H17N4+. The maximum atomic E-state index is 9.38. The predicted octanol–water partition coefficient (Wildman–Crippen LogP) is 2.85. The quantitative estimate of drug-likeness (QED) is 0.681. The zero-order chi connectivity index (χ0) is 15.7. The van der Waals surface area contributed by atoms with E-state index in [4.69, 9.17) is 0 Å². The van der Waals surface area contributed by atoms with E-state index in [1.807, 2.05) is 48.3 Å². The second-order valence-electron chi connectivity index (χ2n) is 5.33. The van der Waals surface area contributed by atoms with Crippen molar-refractivity contribution in [1.82, 2.24) is 9.78 Å². The molecule has 108 valence electrons. The molecule has 0 unspecified atom stereocenters. The Morgan fingerprint density at radius 1 is 1.18 bits per heavy atom. The molecule has 0 radical (unpaired) electrons. The third-order valence-electron chi connectivity index (χ3n) is 3.93. The first-order valence-corrected chi connectivity index (χ1v) is 7.12. The average Bonchev–Trinajstić information content (AvgIpc) is 2.94. The summed E-state index contributed by atoms with van der Waals surface area (Å²) in [6, 6.07) is 14.2. The lowest BCUT2D eigenvalue weighted by molar-refractivity contribution is -0.603.